The molecule has 0 saturated carbocycles. The van der Waals surface area contributed by atoms with Crippen LogP contribution in [-0.4, -0.2) is 30.4 Å². The number of ether oxygens (including phenoxy) is 2. The summed E-state index contributed by atoms with van der Waals surface area (Å²) in [6, 6.07) is 9.11. The molecule has 0 spiro atoms. The van der Waals surface area contributed by atoms with Crippen LogP contribution in [0, 0.1) is 5.82 Å². The maximum atomic E-state index is 14.4. The number of nitrogens with two attached hydrogens (primary N) is 1. The van der Waals surface area contributed by atoms with Crippen LogP contribution in [0.15, 0.2) is 36.4 Å². The number of hydrogen-bond donors (Lipinski definition) is 2. The highest BCUT2D eigenvalue weighted by Gasteiger charge is 2.31. The van der Waals surface area contributed by atoms with Gasteiger partial charge in [0.2, 0.25) is 0 Å². The van der Waals surface area contributed by atoms with Crippen molar-refractivity contribution in [1.82, 2.24) is 0 Å². The number of phenols is 1. The minimum atomic E-state index is -0.652. The highest BCUT2D eigenvalue weighted by molar-refractivity contribution is 5.89. The number of halogens is 1. The van der Waals surface area contributed by atoms with Crippen molar-refractivity contribution in [2.45, 2.75) is 19.4 Å². The van der Waals surface area contributed by atoms with E-state index in [1.807, 2.05) is 6.92 Å². The van der Waals surface area contributed by atoms with Gasteiger partial charge in [-0.2, -0.15) is 0 Å². The summed E-state index contributed by atoms with van der Waals surface area (Å²) >= 11 is 0. The molecule has 1 heterocycles. The van der Waals surface area contributed by atoms with Gasteiger partial charge >= 0.3 is 6.09 Å². The molecule has 1 atom stereocenters. The second-order valence-corrected chi connectivity index (χ2v) is 5.72. The molecular formula is C18H19FN2O4. The Hall–Kier alpha value is -2.80. The Balaban J connectivity index is 1.80. The van der Waals surface area contributed by atoms with Crippen molar-refractivity contribution in [3.8, 4) is 17.2 Å². The summed E-state index contributed by atoms with van der Waals surface area (Å²) < 4.78 is 24.9. The Kier molecular flexibility index (Phi) is 4.76. The molecule has 1 aliphatic heterocycles. The number of aromatic hydroxyl groups is 1. The van der Waals surface area contributed by atoms with Gasteiger partial charge in [0, 0.05) is 12.6 Å². The Morgan fingerprint density at radius 1 is 1.32 bits per heavy atom. The molecule has 7 heteroatoms. The number of aryl methyl sites for hydroxylation is 1. The lowest BCUT2D eigenvalue weighted by atomic mass is 10.1. The molecule has 132 valence electrons. The van der Waals surface area contributed by atoms with Crippen molar-refractivity contribution in [3.05, 3.63) is 47.8 Å². The molecule has 1 aliphatic rings. The molecule has 0 bridgehead atoms. The molecule has 0 radical (unpaired) electrons. The molecule has 2 aromatic rings. The zero-order valence-corrected chi connectivity index (χ0v) is 13.7. The van der Waals surface area contributed by atoms with Gasteiger partial charge < -0.3 is 20.3 Å². The lowest BCUT2D eigenvalue weighted by Gasteiger charge is -2.15. The van der Waals surface area contributed by atoms with E-state index in [0.717, 1.165) is 12.0 Å². The van der Waals surface area contributed by atoms with Crippen LogP contribution in [0.4, 0.5) is 14.9 Å². The topological polar surface area (TPSA) is 85.0 Å². The third kappa shape index (κ3) is 3.51. The number of amides is 1. The quantitative estimate of drug-likeness (QED) is 0.869. The van der Waals surface area contributed by atoms with Gasteiger partial charge in [-0.1, -0.05) is 13.0 Å². The van der Waals surface area contributed by atoms with Gasteiger partial charge in [-0.15, -0.1) is 0 Å². The van der Waals surface area contributed by atoms with E-state index in [2.05, 4.69) is 0 Å². The van der Waals surface area contributed by atoms with E-state index >= 15 is 0 Å². The van der Waals surface area contributed by atoms with E-state index in [9.17, 15) is 14.3 Å². The Morgan fingerprint density at radius 2 is 2.08 bits per heavy atom. The minimum absolute atomic E-state index is 0.0498. The Bertz CT molecular complexity index is 797. The number of rotatable bonds is 5. The molecule has 1 unspecified atom stereocenters. The molecule has 3 N–H and O–H groups in total. The predicted octanol–water partition coefficient (Wildman–Crippen LogP) is 3.17. The van der Waals surface area contributed by atoms with Crippen molar-refractivity contribution in [3.63, 3.8) is 0 Å². The van der Waals surface area contributed by atoms with Gasteiger partial charge in [-0.05, 0) is 36.2 Å². The molecule has 0 aliphatic carbocycles. The fourth-order valence-corrected chi connectivity index (χ4v) is 2.58. The zero-order valence-electron chi connectivity index (χ0n) is 13.7. The maximum absolute atomic E-state index is 14.4. The van der Waals surface area contributed by atoms with Crippen LogP contribution in [0.25, 0.3) is 0 Å². The first kappa shape index (κ1) is 17.0. The molecule has 25 heavy (non-hydrogen) atoms. The van der Waals surface area contributed by atoms with Crippen LogP contribution in [0.3, 0.4) is 0 Å². The SMILES string of the molecule is CCc1ccc(Oc2ccc(N3CC(CN)OC3=O)cc2F)c(O)c1. The summed E-state index contributed by atoms with van der Waals surface area (Å²) in [6.45, 7) is 2.44. The maximum Gasteiger partial charge on any atom is 0.414 e. The normalized spacial score (nSPS) is 16.8. The second kappa shape index (κ2) is 6.98. The van der Waals surface area contributed by atoms with E-state index < -0.39 is 18.0 Å². The van der Waals surface area contributed by atoms with Crippen LogP contribution >= 0.6 is 0 Å². The first-order valence-electron chi connectivity index (χ1n) is 7.99. The van der Waals surface area contributed by atoms with E-state index in [4.69, 9.17) is 15.2 Å². The fraction of sp³-hybridized carbons (Fsp3) is 0.278. The van der Waals surface area contributed by atoms with Gasteiger partial charge in [0.05, 0.1) is 12.2 Å². The van der Waals surface area contributed by atoms with E-state index in [1.54, 1.807) is 24.3 Å². The average Bonchev–Trinajstić information content (AvgIpc) is 2.99. The summed E-state index contributed by atoms with van der Waals surface area (Å²) in [5.74, 6) is -0.601. The van der Waals surface area contributed by atoms with Crippen molar-refractivity contribution < 1.29 is 23.8 Å². The van der Waals surface area contributed by atoms with Crippen molar-refractivity contribution in [1.29, 1.82) is 0 Å². The molecule has 1 saturated heterocycles. The number of hydrogen-bond acceptors (Lipinski definition) is 5. The first-order valence-corrected chi connectivity index (χ1v) is 7.99. The van der Waals surface area contributed by atoms with E-state index in [-0.39, 0.29) is 30.3 Å². The standard InChI is InChI=1S/C18H19FN2O4/c1-2-11-3-5-17(15(22)7-11)25-16-6-4-12(8-14(16)19)21-10-13(9-20)24-18(21)23/h3-8,13,22H,2,9-10,20H2,1H3. The van der Waals surface area contributed by atoms with Crippen LogP contribution in [0.1, 0.15) is 12.5 Å². The summed E-state index contributed by atoms with van der Waals surface area (Å²) in [5, 5.41) is 9.96. The largest absolute Gasteiger partial charge is 0.504 e. The van der Waals surface area contributed by atoms with Gasteiger partial charge in [-0.25, -0.2) is 9.18 Å². The van der Waals surface area contributed by atoms with Crippen molar-refractivity contribution >= 4 is 11.8 Å². The number of phenolic OH excluding ortho intramolecular Hbond substituents is 1. The van der Waals surface area contributed by atoms with E-state index in [1.165, 1.54) is 17.0 Å². The Labute approximate surface area is 144 Å². The molecule has 6 nitrogen and oxygen atoms in total. The molecule has 3 rings (SSSR count). The molecule has 1 amide bonds. The number of cyclic esters (lactones) is 1. The number of nitrogens with zero attached hydrogens (tertiary/aromatic N) is 1. The predicted molar refractivity (Wildman–Crippen MR) is 90.6 cm³/mol. The minimum Gasteiger partial charge on any atom is -0.504 e. The third-order valence-corrected chi connectivity index (χ3v) is 4.02. The second-order valence-electron chi connectivity index (χ2n) is 5.72. The highest BCUT2D eigenvalue weighted by atomic mass is 19.1. The first-order chi connectivity index (χ1) is 12.0. The van der Waals surface area contributed by atoms with Gasteiger partial charge in [-0.3, -0.25) is 4.90 Å². The molecule has 0 aromatic heterocycles. The van der Waals surface area contributed by atoms with Crippen LogP contribution < -0.4 is 15.4 Å². The van der Waals surface area contributed by atoms with Gasteiger partial charge in [0.1, 0.15) is 6.10 Å². The van der Waals surface area contributed by atoms with Crippen LogP contribution in [0.2, 0.25) is 0 Å². The lowest BCUT2D eigenvalue weighted by Crippen LogP contribution is -2.27. The Morgan fingerprint density at radius 3 is 2.68 bits per heavy atom. The lowest BCUT2D eigenvalue weighted by molar-refractivity contribution is 0.145. The summed E-state index contributed by atoms with van der Waals surface area (Å²) in [6.07, 6.45) is -0.191. The van der Waals surface area contributed by atoms with Crippen LogP contribution in [0.5, 0.6) is 17.2 Å². The highest BCUT2D eigenvalue weighted by Crippen LogP contribution is 2.34. The molecule has 2 aromatic carbocycles. The molecular weight excluding hydrogens is 327 g/mol. The summed E-state index contributed by atoms with van der Waals surface area (Å²) in [7, 11) is 0. The van der Waals surface area contributed by atoms with Gasteiger partial charge in [0.15, 0.2) is 23.1 Å². The third-order valence-electron chi connectivity index (χ3n) is 4.02. The fourth-order valence-electron chi connectivity index (χ4n) is 2.58. The van der Waals surface area contributed by atoms with Gasteiger partial charge in [0.25, 0.3) is 0 Å². The van der Waals surface area contributed by atoms with Crippen molar-refractivity contribution in [2.75, 3.05) is 18.0 Å². The number of carbonyl (C=O) groups is 1. The van der Waals surface area contributed by atoms with Crippen molar-refractivity contribution in [2.24, 2.45) is 5.73 Å². The monoisotopic (exact) mass is 346 g/mol. The number of benzene rings is 2. The number of carbonyl (C=O) groups excluding carboxylic acids is 1. The van der Waals surface area contributed by atoms with Crippen LogP contribution in [-0.2, 0) is 11.2 Å². The smallest absolute Gasteiger partial charge is 0.414 e. The molecule has 1 fully saturated rings. The zero-order chi connectivity index (χ0) is 18.0. The summed E-state index contributed by atoms with van der Waals surface area (Å²) in [4.78, 5) is 13.1. The summed E-state index contributed by atoms with van der Waals surface area (Å²) in [5.41, 5.74) is 6.79. The van der Waals surface area contributed by atoms with E-state index in [0.29, 0.717) is 5.69 Å². The number of anilines is 1. The average molecular weight is 346 g/mol.